The zero-order chi connectivity index (χ0) is 9.98. The van der Waals surface area contributed by atoms with E-state index in [2.05, 4.69) is 21.5 Å². The van der Waals surface area contributed by atoms with Crippen LogP contribution in [0, 0.1) is 6.57 Å². The first-order valence-corrected chi connectivity index (χ1v) is 3.45. The lowest BCUT2D eigenvalue weighted by Gasteiger charge is -1.95. The van der Waals surface area contributed by atoms with Crippen molar-refractivity contribution in [3.8, 4) is 0 Å². The fourth-order valence-electron chi connectivity index (χ4n) is 0.260. The quantitative estimate of drug-likeness (QED) is 0.379. The minimum Gasteiger partial charge on any atom is -0.471 e. The first kappa shape index (κ1) is 13.3. The Labute approximate surface area is 73.0 Å². The monoisotopic (exact) mass is 170 g/mol. The van der Waals surface area contributed by atoms with Crippen LogP contribution in [-0.2, 0) is 9.53 Å². The van der Waals surface area contributed by atoms with Crippen LogP contribution in [0.3, 0.4) is 0 Å². The molecular formula is C8H14N2O2. The Balaban J connectivity index is 0. The van der Waals surface area contributed by atoms with Crippen molar-refractivity contribution in [2.75, 3.05) is 20.7 Å². The van der Waals surface area contributed by atoms with Crippen LogP contribution in [0.1, 0.15) is 6.92 Å². The van der Waals surface area contributed by atoms with Crippen LogP contribution < -0.4 is 5.32 Å². The topological polar surface area (TPSA) is 42.7 Å². The summed E-state index contributed by atoms with van der Waals surface area (Å²) in [6, 6.07) is 0. The molecule has 0 saturated carbocycles. The van der Waals surface area contributed by atoms with Crippen LogP contribution in [0.4, 0.5) is 0 Å². The summed E-state index contributed by atoms with van der Waals surface area (Å²) in [5.74, 6) is -0.632. The largest absolute Gasteiger partial charge is 0.471 e. The van der Waals surface area contributed by atoms with E-state index in [9.17, 15) is 4.79 Å². The van der Waals surface area contributed by atoms with E-state index < -0.39 is 5.97 Å². The lowest BCUT2D eigenvalue weighted by Crippen LogP contribution is -2.03. The van der Waals surface area contributed by atoms with Gasteiger partial charge in [0.2, 0.25) is 0 Å². The predicted octanol–water partition coefficient (Wildman–Crippen LogP) is 0.818. The lowest BCUT2D eigenvalue weighted by atomic mass is 10.5. The maximum absolute atomic E-state index is 10.4. The van der Waals surface area contributed by atoms with E-state index in [1.165, 1.54) is 0 Å². The molecule has 0 amide bonds. The third-order valence-corrected chi connectivity index (χ3v) is 0.646. The van der Waals surface area contributed by atoms with Crippen molar-refractivity contribution >= 4 is 5.97 Å². The fraction of sp³-hybridized carbons (Fsp3) is 0.500. The number of carbonyl (C=O) groups is 1. The van der Waals surface area contributed by atoms with Gasteiger partial charge in [-0.3, -0.25) is 4.79 Å². The van der Waals surface area contributed by atoms with Gasteiger partial charge in [-0.05, 0) is 21.0 Å². The normalized spacial score (nSPS) is 7.17. The molecule has 4 nitrogen and oxygen atoms in total. The third kappa shape index (κ3) is 8.66. The molecule has 12 heavy (non-hydrogen) atoms. The van der Waals surface area contributed by atoms with Gasteiger partial charge in [-0.1, -0.05) is 6.58 Å². The second-order valence-corrected chi connectivity index (χ2v) is 1.78. The molecule has 0 aliphatic heterocycles. The van der Waals surface area contributed by atoms with Gasteiger partial charge >= 0.3 is 5.97 Å². The highest BCUT2D eigenvalue weighted by Gasteiger charge is 2.04. The highest BCUT2D eigenvalue weighted by atomic mass is 16.5. The average Bonchev–Trinajstić information content (AvgIpc) is 2.05. The molecule has 0 heterocycles. The average molecular weight is 170 g/mol. The zero-order valence-electron chi connectivity index (χ0n) is 7.68. The Kier molecular flexibility index (Phi) is 10.7. The number of ether oxygens (including phenoxy) is 1. The van der Waals surface area contributed by atoms with E-state index in [0.717, 1.165) is 0 Å². The summed E-state index contributed by atoms with van der Waals surface area (Å²) in [7, 11) is 3.75. The predicted molar refractivity (Wildman–Crippen MR) is 47.4 cm³/mol. The van der Waals surface area contributed by atoms with Gasteiger partial charge in [-0.15, -0.1) is 0 Å². The molecule has 0 rings (SSSR count). The highest BCUT2D eigenvalue weighted by molar-refractivity contribution is 5.89. The van der Waals surface area contributed by atoms with Crippen molar-refractivity contribution in [2.45, 2.75) is 6.92 Å². The van der Waals surface area contributed by atoms with Gasteiger partial charge in [-0.2, -0.15) is 0 Å². The fourth-order valence-corrected chi connectivity index (χ4v) is 0.260. The van der Waals surface area contributed by atoms with E-state index in [-0.39, 0.29) is 12.3 Å². The van der Waals surface area contributed by atoms with Crippen LogP contribution in [0.5, 0.6) is 0 Å². The number of rotatable bonds is 2. The smallest absolute Gasteiger partial charge is 0.335 e. The highest BCUT2D eigenvalue weighted by Crippen LogP contribution is 1.93. The Morgan fingerprint density at radius 1 is 1.67 bits per heavy atom. The number of nitrogens with zero attached hydrogens (tertiary/aromatic N) is 1. The second-order valence-electron chi connectivity index (χ2n) is 1.78. The van der Waals surface area contributed by atoms with Crippen LogP contribution in [-0.4, -0.2) is 26.7 Å². The first-order chi connectivity index (χ1) is 5.63. The summed E-state index contributed by atoms with van der Waals surface area (Å²) in [6.07, 6.45) is 0. The van der Waals surface area contributed by atoms with Crippen LogP contribution >= 0.6 is 0 Å². The van der Waals surface area contributed by atoms with E-state index in [1.807, 2.05) is 14.1 Å². The first-order valence-electron chi connectivity index (χ1n) is 3.45. The van der Waals surface area contributed by atoms with Gasteiger partial charge in [-0.25, -0.2) is 4.85 Å². The van der Waals surface area contributed by atoms with Gasteiger partial charge in [0.15, 0.2) is 0 Å². The lowest BCUT2D eigenvalue weighted by molar-refractivity contribution is -0.138. The van der Waals surface area contributed by atoms with Crippen LogP contribution in [0.15, 0.2) is 12.3 Å². The number of hydrogen-bond acceptors (Lipinski definition) is 3. The Morgan fingerprint density at radius 2 is 2.08 bits per heavy atom. The third-order valence-electron chi connectivity index (χ3n) is 0.646. The summed E-state index contributed by atoms with van der Waals surface area (Å²) in [5.41, 5.74) is -0.170. The molecule has 0 unspecified atom stereocenters. The number of carbonyl (C=O) groups excluding carboxylic acids is 1. The van der Waals surface area contributed by atoms with E-state index in [4.69, 9.17) is 6.57 Å². The zero-order valence-corrected chi connectivity index (χ0v) is 7.68. The van der Waals surface area contributed by atoms with E-state index >= 15 is 0 Å². The molecule has 0 aromatic heterocycles. The van der Waals surface area contributed by atoms with Crippen molar-refractivity contribution in [3.05, 3.63) is 23.7 Å². The van der Waals surface area contributed by atoms with E-state index in [0.29, 0.717) is 0 Å². The minimum atomic E-state index is -0.632. The van der Waals surface area contributed by atoms with E-state index in [1.54, 1.807) is 6.92 Å². The Bertz CT molecular complexity index is 182. The maximum Gasteiger partial charge on any atom is 0.335 e. The van der Waals surface area contributed by atoms with Crippen LogP contribution in [0.2, 0.25) is 0 Å². The standard InChI is InChI=1S/C6H7NO2.C2H7N/c1-4-9-6(8)5(2)7-3;1-3-2/h2,4H2,1H3;3H,1-2H3. The maximum atomic E-state index is 10.4. The molecule has 0 radical (unpaired) electrons. The SMILES string of the molecule is CNC.[C-]#[N+]C(=C)C(=O)OCC. The van der Waals surface area contributed by atoms with Gasteiger partial charge < -0.3 is 10.1 Å². The molecule has 0 spiro atoms. The van der Waals surface area contributed by atoms with Crippen molar-refractivity contribution in [1.29, 1.82) is 0 Å². The molecule has 4 heteroatoms. The van der Waals surface area contributed by atoms with Crippen molar-refractivity contribution in [1.82, 2.24) is 5.32 Å². The molecule has 0 bridgehead atoms. The molecule has 0 atom stereocenters. The number of hydrogen-bond donors (Lipinski definition) is 1. The minimum absolute atomic E-state index is 0.170. The van der Waals surface area contributed by atoms with Gasteiger partial charge in [0, 0.05) is 0 Å². The molecule has 0 aromatic carbocycles. The number of nitrogens with one attached hydrogen (secondary N) is 1. The molecule has 68 valence electrons. The summed E-state index contributed by atoms with van der Waals surface area (Å²) >= 11 is 0. The molecule has 0 fully saturated rings. The van der Waals surface area contributed by atoms with Gasteiger partial charge in [0.05, 0.1) is 13.2 Å². The number of esters is 1. The summed E-state index contributed by atoms with van der Waals surface area (Å²) in [4.78, 5) is 13.2. The Morgan fingerprint density at radius 3 is 2.33 bits per heavy atom. The van der Waals surface area contributed by atoms with Crippen molar-refractivity contribution in [2.24, 2.45) is 0 Å². The van der Waals surface area contributed by atoms with Crippen molar-refractivity contribution < 1.29 is 9.53 Å². The summed E-state index contributed by atoms with van der Waals surface area (Å²) in [6.45, 7) is 11.5. The molecule has 0 aliphatic rings. The van der Waals surface area contributed by atoms with Gasteiger partial charge in [0.1, 0.15) is 0 Å². The van der Waals surface area contributed by atoms with Gasteiger partial charge in [0.25, 0.3) is 5.70 Å². The summed E-state index contributed by atoms with van der Waals surface area (Å²) in [5, 5.41) is 2.75. The molecule has 0 aliphatic carbocycles. The summed E-state index contributed by atoms with van der Waals surface area (Å²) < 4.78 is 4.44. The molecular weight excluding hydrogens is 156 g/mol. The Hall–Kier alpha value is -1.34. The molecule has 1 N–H and O–H groups in total. The van der Waals surface area contributed by atoms with Crippen LogP contribution in [0.25, 0.3) is 4.85 Å². The molecule has 0 aromatic rings. The molecule has 0 saturated heterocycles. The second kappa shape index (κ2) is 9.66. The van der Waals surface area contributed by atoms with Crippen molar-refractivity contribution in [3.63, 3.8) is 0 Å².